The van der Waals surface area contributed by atoms with E-state index in [9.17, 15) is 9.18 Å². The molecule has 2 aromatic rings. The van der Waals surface area contributed by atoms with Crippen LogP contribution in [0.25, 0.3) is 0 Å². The Morgan fingerprint density at radius 2 is 2.30 bits per heavy atom. The summed E-state index contributed by atoms with van der Waals surface area (Å²) in [6.45, 7) is 0.636. The van der Waals surface area contributed by atoms with Gasteiger partial charge < -0.3 is 14.6 Å². The van der Waals surface area contributed by atoms with Crippen LogP contribution in [0.2, 0.25) is 0 Å². The van der Waals surface area contributed by atoms with Gasteiger partial charge in [0, 0.05) is 13.7 Å². The molecule has 2 atom stereocenters. The minimum absolute atomic E-state index is 0.102. The SMILES string of the molecule is CO[C@H]1CCCN(C(=O)c2cnc[nH]2)[C@H]1Cc1ccccc1F. The summed E-state index contributed by atoms with van der Waals surface area (Å²) in [5, 5.41) is 0. The number of nitrogens with one attached hydrogen (secondary N) is 1. The summed E-state index contributed by atoms with van der Waals surface area (Å²) < 4.78 is 19.6. The van der Waals surface area contributed by atoms with Crippen LogP contribution in [0.1, 0.15) is 28.9 Å². The molecule has 2 heterocycles. The van der Waals surface area contributed by atoms with E-state index in [0.717, 1.165) is 12.8 Å². The van der Waals surface area contributed by atoms with E-state index in [1.165, 1.54) is 18.6 Å². The molecular weight excluding hydrogens is 297 g/mol. The third-order valence-corrected chi connectivity index (χ3v) is 4.40. The largest absolute Gasteiger partial charge is 0.379 e. The van der Waals surface area contributed by atoms with Crippen molar-refractivity contribution in [2.45, 2.75) is 31.4 Å². The molecule has 1 aromatic carbocycles. The summed E-state index contributed by atoms with van der Waals surface area (Å²) >= 11 is 0. The molecule has 1 aliphatic rings. The van der Waals surface area contributed by atoms with Crippen LogP contribution in [-0.4, -0.2) is 46.6 Å². The highest BCUT2D eigenvalue weighted by molar-refractivity contribution is 5.92. The molecule has 1 aliphatic heterocycles. The molecule has 0 unspecified atom stereocenters. The van der Waals surface area contributed by atoms with E-state index < -0.39 is 0 Å². The fourth-order valence-corrected chi connectivity index (χ4v) is 3.21. The Labute approximate surface area is 134 Å². The Morgan fingerprint density at radius 3 is 3.00 bits per heavy atom. The maximum absolute atomic E-state index is 14.0. The Kier molecular flexibility index (Phi) is 4.71. The molecule has 1 fully saturated rings. The second-order valence-corrected chi connectivity index (χ2v) is 5.74. The third kappa shape index (κ3) is 3.27. The first-order valence-corrected chi connectivity index (χ1v) is 7.76. The lowest BCUT2D eigenvalue weighted by Gasteiger charge is -2.40. The molecule has 5 nitrogen and oxygen atoms in total. The number of hydrogen-bond acceptors (Lipinski definition) is 3. The van der Waals surface area contributed by atoms with Crippen LogP contribution in [0.5, 0.6) is 0 Å². The summed E-state index contributed by atoms with van der Waals surface area (Å²) in [6.07, 6.45) is 5.06. The van der Waals surface area contributed by atoms with E-state index in [0.29, 0.717) is 24.2 Å². The lowest BCUT2D eigenvalue weighted by molar-refractivity contribution is -0.0122. The molecular formula is C17H20FN3O2. The number of carbonyl (C=O) groups is 1. The number of amides is 1. The lowest BCUT2D eigenvalue weighted by Crippen LogP contribution is -2.52. The van der Waals surface area contributed by atoms with Crippen LogP contribution in [0.3, 0.4) is 0 Å². The van der Waals surface area contributed by atoms with Crippen molar-refractivity contribution in [2.24, 2.45) is 0 Å². The fraction of sp³-hybridized carbons (Fsp3) is 0.412. The highest BCUT2D eigenvalue weighted by atomic mass is 19.1. The average Bonchev–Trinajstić information content (AvgIpc) is 3.11. The van der Waals surface area contributed by atoms with Crippen molar-refractivity contribution in [1.82, 2.24) is 14.9 Å². The predicted octanol–water partition coefficient (Wildman–Crippen LogP) is 2.41. The standard InChI is InChI=1S/C17H20FN3O2/c1-23-16-7-4-8-21(17(22)14-10-19-11-20-14)15(16)9-12-5-2-3-6-13(12)18/h2-3,5-6,10-11,15-16H,4,7-9H2,1H3,(H,19,20)/t15-,16-/m0/s1. The lowest BCUT2D eigenvalue weighted by atomic mass is 9.92. The van der Waals surface area contributed by atoms with Crippen LogP contribution in [0, 0.1) is 5.82 Å². The first-order valence-electron chi connectivity index (χ1n) is 7.76. The summed E-state index contributed by atoms with van der Waals surface area (Å²) in [4.78, 5) is 21.2. The van der Waals surface area contributed by atoms with Crippen LogP contribution in [0.4, 0.5) is 4.39 Å². The van der Waals surface area contributed by atoms with Crippen molar-refractivity contribution in [3.63, 3.8) is 0 Å². The van der Waals surface area contributed by atoms with Crippen LogP contribution in [-0.2, 0) is 11.2 Å². The first-order chi connectivity index (χ1) is 11.2. The second-order valence-electron chi connectivity index (χ2n) is 5.74. The number of methoxy groups -OCH3 is 1. The number of aromatic nitrogens is 2. The van der Waals surface area contributed by atoms with Crippen LogP contribution >= 0.6 is 0 Å². The summed E-state index contributed by atoms with van der Waals surface area (Å²) in [5.74, 6) is -0.368. The fourth-order valence-electron chi connectivity index (χ4n) is 3.21. The minimum atomic E-state index is -0.248. The normalized spacial score (nSPS) is 21.4. The molecule has 1 amide bonds. The summed E-state index contributed by atoms with van der Waals surface area (Å²) in [6, 6.07) is 6.49. The van der Waals surface area contributed by atoms with E-state index in [-0.39, 0.29) is 23.9 Å². The second kappa shape index (κ2) is 6.91. The maximum Gasteiger partial charge on any atom is 0.272 e. The molecule has 1 saturated heterocycles. The van der Waals surface area contributed by atoms with Crippen molar-refractivity contribution in [1.29, 1.82) is 0 Å². The molecule has 23 heavy (non-hydrogen) atoms. The Balaban J connectivity index is 1.87. The van der Waals surface area contributed by atoms with Gasteiger partial charge in [-0.05, 0) is 30.9 Å². The molecule has 1 aromatic heterocycles. The predicted molar refractivity (Wildman–Crippen MR) is 83.5 cm³/mol. The zero-order chi connectivity index (χ0) is 16.2. The number of piperidine rings is 1. The molecule has 0 spiro atoms. The number of ether oxygens (including phenoxy) is 1. The van der Waals surface area contributed by atoms with Crippen molar-refractivity contribution < 1.29 is 13.9 Å². The number of imidazole rings is 1. The van der Waals surface area contributed by atoms with Gasteiger partial charge in [-0.2, -0.15) is 0 Å². The number of rotatable bonds is 4. The highest BCUT2D eigenvalue weighted by Gasteiger charge is 2.35. The molecule has 0 aliphatic carbocycles. The van der Waals surface area contributed by atoms with Gasteiger partial charge >= 0.3 is 0 Å². The van der Waals surface area contributed by atoms with Gasteiger partial charge in [0.05, 0.1) is 24.7 Å². The van der Waals surface area contributed by atoms with Gasteiger partial charge in [-0.25, -0.2) is 9.37 Å². The molecule has 0 saturated carbocycles. The van der Waals surface area contributed by atoms with E-state index in [2.05, 4.69) is 9.97 Å². The zero-order valence-corrected chi connectivity index (χ0v) is 13.0. The van der Waals surface area contributed by atoms with E-state index >= 15 is 0 Å². The smallest absolute Gasteiger partial charge is 0.272 e. The molecule has 3 rings (SSSR count). The Bertz CT molecular complexity index is 660. The van der Waals surface area contributed by atoms with Gasteiger partial charge in [-0.3, -0.25) is 4.79 Å². The van der Waals surface area contributed by atoms with Gasteiger partial charge in [0.15, 0.2) is 0 Å². The average molecular weight is 317 g/mol. The van der Waals surface area contributed by atoms with E-state index in [1.807, 2.05) is 6.07 Å². The summed E-state index contributed by atoms with van der Waals surface area (Å²) in [7, 11) is 1.64. The van der Waals surface area contributed by atoms with Crippen molar-refractivity contribution >= 4 is 5.91 Å². The topological polar surface area (TPSA) is 58.2 Å². The Morgan fingerprint density at radius 1 is 1.48 bits per heavy atom. The maximum atomic E-state index is 14.0. The number of nitrogens with zero attached hydrogens (tertiary/aromatic N) is 2. The number of halogens is 1. The molecule has 6 heteroatoms. The van der Waals surface area contributed by atoms with Crippen molar-refractivity contribution in [3.8, 4) is 0 Å². The molecule has 122 valence electrons. The molecule has 0 bridgehead atoms. The van der Waals surface area contributed by atoms with Crippen LogP contribution in [0.15, 0.2) is 36.8 Å². The third-order valence-electron chi connectivity index (χ3n) is 4.40. The van der Waals surface area contributed by atoms with E-state index in [4.69, 9.17) is 4.74 Å². The van der Waals surface area contributed by atoms with Crippen molar-refractivity contribution in [3.05, 3.63) is 53.9 Å². The van der Waals surface area contributed by atoms with Gasteiger partial charge in [-0.15, -0.1) is 0 Å². The van der Waals surface area contributed by atoms with Gasteiger partial charge in [-0.1, -0.05) is 18.2 Å². The van der Waals surface area contributed by atoms with E-state index in [1.54, 1.807) is 24.1 Å². The first kappa shape index (κ1) is 15.7. The monoisotopic (exact) mass is 317 g/mol. The number of carbonyl (C=O) groups excluding carboxylic acids is 1. The highest BCUT2D eigenvalue weighted by Crippen LogP contribution is 2.25. The Hall–Kier alpha value is -2.21. The quantitative estimate of drug-likeness (QED) is 0.942. The zero-order valence-electron chi connectivity index (χ0n) is 13.0. The molecule has 1 N–H and O–H groups in total. The van der Waals surface area contributed by atoms with Gasteiger partial charge in [0.1, 0.15) is 11.5 Å². The van der Waals surface area contributed by atoms with Crippen LogP contribution < -0.4 is 0 Å². The molecule has 0 radical (unpaired) electrons. The summed E-state index contributed by atoms with van der Waals surface area (Å²) in [5.41, 5.74) is 1.05. The van der Waals surface area contributed by atoms with Crippen molar-refractivity contribution in [2.75, 3.05) is 13.7 Å². The number of likely N-dealkylation sites (tertiary alicyclic amines) is 1. The minimum Gasteiger partial charge on any atom is -0.379 e. The number of aromatic amines is 1. The van der Waals surface area contributed by atoms with Gasteiger partial charge in [0.2, 0.25) is 0 Å². The number of benzene rings is 1. The van der Waals surface area contributed by atoms with Gasteiger partial charge in [0.25, 0.3) is 5.91 Å². The number of H-pyrrole nitrogens is 1. The number of hydrogen-bond donors (Lipinski definition) is 1.